The van der Waals surface area contributed by atoms with Gasteiger partial charge in [0.15, 0.2) is 0 Å². The molecule has 0 saturated heterocycles. The van der Waals surface area contributed by atoms with Crippen LogP contribution in [0.25, 0.3) is 0 Å². The average Bonchev–Trinajstić information content (AvgIpc) is 2.20. The zero-order chi connectivity index (χ0) is 11.3. The summed E-state index contributed by atoms with van der Waals surface area (Å²) in [4.78, 5) is 10.4. The first-order valence-corrected chi connectivity index (χ1v) is 4.79. The van der Waals surface area contributed by atoms with Crippen LogP contribution < -0.4 is 10.5 Å². The molecule has 3 N–H and O–H groups in total. The van der Waals surface area contributed by atoms with E-state index in [1.807, 2.05) is 6.92 Å². The normalized spacial score (nSPS) is 12.1. The highest BCUT2D eigenvalue weighted by molar-refractivity contribution is 5.70. The Bertz CT molecular complexity index is 321. The van der Waals surface area contributed by atoms with E-state index >= 15 is 0 Å². The molecule has 15 heavy (non-hydrogen) atoms. The summed E-state index contributed by atoms with van der Waals surface area (Å²) in [6, 6.07) is 6.99. The molecule has 0 aliphatic rings. The number of carbonyl (C=O) groups is 1. The maximum atomic E-state index is 10.4. The van der Waals surface area contributed by atoms with Gasteiger partial charge >= 0.3 is 5.97 Å². The van der Waals surface area contributed by atoms with Crippen LogP contribution in [0.4, 0.5) is 0 Å². The summed E-state index contributed by atoms with van der Waals surface area (Å²) in [5.41, 5.74) is 6.17. The number of hydrogen-bond donors (Lipinski definition) is 2. The van der Waals surface area contributed by atoms with Crippen LogP contribution >= 0.6 is 0 Å². The second kappa shape index (κ2) is 5.36. The molecule has 1 aromatic carbocycles. The summed E-state index contributed by atoms with van der Waals surface area (Å²) in [6.07, 6.45) is 0.00234. The Morgan fingerprint density at radius 3 is 2.53 bits per heavy atom. The van der Waals surface area contributed by atoms with Crippen LogP contribution in [0.1, 0.15) is 12.5 Å². The fourth-order valence-electron chi connectivity index (χ4n) is 1.14. The standard InChI is InChI=1S/C11H15NO3/c1-8(7-12)15-10-4-2-9(3-5-10)6-11(13)14/h2-5,8H,6-7,12H2,1H3,(H,13,14). The van der Waals surface area contributed by atoms with Gasteiger partial charge in [-0.3, -0.25) is 4.79 Å². The van der Waals surface area contributed by atoms with Crippen LogP contribution in [-0.2, 0) is 11.2 Å². The fourth-order valence-corrected chi connectivity index (χ4v) is 1.14. The Kier molecular flexibility index (Phi) is 4.12. The Hall–Kier alpha value is -1.55. The zero-order valence-electron chi connectivity index (χ0n) is 8.64. The molecule has 4 nitrogen and oxygen atoms in total. The van der Waals surface area contributed by atoms with Crippen molar-refractivity contribution in [1.29, 1.82) is 0 Å². The number of benzene rings is 1. The van der Waals surface area contributed by atoms with Gasteiger partial charge in [-0.15, -0.1) is 0 Å². The number of aliphatic carboxylic acids is 1. The van der Waals surface area contributed by atoms with E-state index in [0.29, 0.717) is 12.3 Å². The van der Waals surface area contributed by atoms with Gasteiger partial charge < -0.3 is 15.6 Å². The van der Waals surface area contributed by atoms with Crippen LogP contribution in [0.5, 0.6) is 5.75 Å². The summed E-state index contributed by atoms with van der Waals surface area (Å²) in [5, 5.41) is 8.57. The third-order valence-corrected chi connectivity index (χ3v) is 1.95. The molecule has 0 spiro atoms. The molecular weight excluding hydrogens is 194 g/mol. The van der Waals surface area contributed by atoms with E-state index in [4.69, 9.17) is 15.6 Å². The van der Waals surface area contributed by atoms with Gasteiger partial charge in [0.1, 0.15) is 11.9 Å². The van der Waals surface area contributed by atoms with Gasteiger partial charge in [-0.25, -0.2) is 0 Å². The number of hydrogen-bond acceptors (Lipinski definition) is 3. The van der Waals surface area contributed by atoms with Crippen molar-refractivity contribution in [2.45, 2.75) is 19.4 Å². The Labute approximate surface area is 88.7 Å². The zero-order valence-corrected chi connectivity index (χ0v) is 8.64. The molecule has 0 amide bonds. The van der Waals surface area contributed by atoms with Gasteiger partial charge in [0.25, 0.3) is 0 Å². The molecule has 0 heterocycles. The Morgan fingerprint density at radius 2 is 2.07 bits per heavy atom. The van der Waals surface area contributed by atoms with Gasteiger partial charge in [0.2, 0.25) is 0 Å². The highest BCUT2D eigenvalue weighted by atomic mass is 16.5. The van der Waals surface area contributed by atoms with Crippen molar-refractivity contribution in [2.75, 3.05) is 6.54 Å². The minimum atomic E-state index is -0.834. The summed E-state index contributed by atoms with van der Waals surface area (Å²) < 4.78 is 5.45. The summed E-state index contributed by atoms with van der Waals surface area (Å²) in [7, 11) is 0. The second-order valence-corrected chi connectivity index (χ2v) is 3.38. The van der Waals surface area contributed by atoms with E-state index in [9.17, 15) is 4.79 Å². The van der Waals surface area contributed by atoms with Crippen molar-refractivity contribution >= 4 is 5.97 Å². The largest absolute Gasteiger partial charge is 0.489 e. The first kappa shape index (κ1) is 11.5. The van der Waals surface area contributed by atoms with Crippen LogP contribution in [0.2, 0.25) is 0 Å². The molecule has 0 aromatic heterocycles. The average molecular weight is 209 g/mol. The van der Waals surface area contributed by atoms with Crippen molar-refractivity contribution < 1.29 is 14.6 Å². The first-order valence-electron chi connectivity index (χ1n) is 4.79. The van der Waals surface area contributed by atoms with Gasteiger partial charge in [0.05, 0.1) is 6.42 Å². The maximum Gasteiger partial charge on any atom is 0.307 e. The quantitative estimate of drug-likeness (QED) is 0.760. The molecule has 0 aliphatic carbocycles. The minimum Gasteiger partial charge on any atom is -0.489 e. The third kappa shape index (κ3) is 3.99. The molecular formula is C11H15NO3. The molecule has 0 saturated carbocycles. The van der Waals surface area contributed by atoms with E-state index < -0.39 is 5.97 Å². The number of ether oxygens (including phenoxy) is 1. The van der Waals surface area contributed by atoms with Crippen LogP contribution in [0.15, 0.2) is 24.3 Å². The van der Waals surface area contributed by atoms with E-state index in [-0.39, 0.29) is 12.5 Å². The van der Waals surface area contributed by atoms with Crippen LogP contribution in [0, 0.1) is 0 Å². The predicted octanol–water partition coefficient (Wildman–Crippen LogP) is 1.04. The molecule has 0 fully saturated rings. The molecule has 1 atom stereocenters. The number of carboxylic acid groups (broad SMARTS) is 1. The van der Waals surface area contributed by atoms with Gasteiger partial charge in [-0.1, -0.05) is 12.1 Å². The highest BCUT2D eigenvalue weighted by Gasteiger charge is 2.03. The molecule has 1 rings (SSSR count). The number of nitrogens with two attached hydrogens (primary N) is 1. The van der Waals surface area contributed by atoms with E-state index in [1.165, 1.54) is 0 Å². The molecule has 4 heteroatoms. The molecule has 1 unspecified atom stereocenters. The summed E-state index contributed by atoms with van der Waals surface area (Å²) in [5.74, 6) is -0.124. The molecule has 1 aromatic rings. The summed E-state index contributed by atoms with van der Waals surface area (Å²) >= 11 is 0. The lowest BCUT2D eigenvalue weighted by Gasteiger charge is -2.12. The lowest BCUT2D eigenvalue weighted by Crippen LogP contribution is -2.22. The van der Waals surface area contributed by atoms with Crippen LogP contribution in [-0.4, -0.2) is 23.7 Å². The van der Waals surface area contributed by atoms with Gasteiger partial charge in [-0.2, -0.15) is 0 Å². The number of rotatable bonds is 5. The lowest BCUT2D eigenvalue weighted by atomic mass is 10.1. The summed E-state index contributed by atoms with van der Waals surface area (Å²) in [6.45, 7) is 2.34. The maximum absolute atomic E-state index is 10.4. The van der Waals surface area contributed by atoms with Crippen molar-refractivity contribution in [3.05, 3.63) is 29.8 Å². The Morgan fingerprint density at radius 1 is 1.47 bits per heavy atom. The van der Waals surface area contributed by atoms with Gasteiger partial charge in [0, 0.05) is 6.54 Å². The monoisotopic (exact) mass is 209 g/mol. The molecule has 0 bridgehead atoms. The minimum absolute atomic E-state index is 0.0321. The molecule has 82 valence electrons. The van der Waals surface area contributed by atoms with Crippen LogP contribution in [0.3, 0.4) is 0 Å². The van der Waals surface area contributed by atoms with Crippen molar-refractivity contribution in [3.63, 3.8) is 0 Å². The second-order valence-electron chi connectivity index (χ2n) is 3.38. The first-order chi connectivity index (χ1) is 7.11. The SMILES string of the molecule is CC(CN)Oc1ccc(CC(=O)O)cc1. The van der Waals surface area contributed by atoms with Gasteiger partial charge in [-0.05, 0) is 24.6 Å². The molecule has 0 aliphatic heterocycles. The topological polar surface area (TPSA) is 72.5 Å². The highest BCUT2D eigenvalue weighted by Crippen LogP contribution is 2.13. The van der Waals surface area contributed by atoms with E-state index in [0.717, 1.165) is 5.56 Å². The third-order valence-electron chi connectivity index (χ3n) is 1.95. The van der Waals surface area contributed by atoms with E-state index in [2.05, 4.69) is 0 Å². The smallest absolute Gasteiger partial charge is 0.307 e. The molecule has 0 radical (unpaired) electrons. The Balaban J connectivity index is 2.60. The number of carboxylic acids is 1. The predicted molar refractivity (Wildman–Crippen MR) is 56.9 cm³/mol. The van der Waals surface area contributed by atoms with Crippen molar-refractivity contribution in [1.82, 2.24) is 0 Å². The van der Waals surface area contributed by atoms with E-state index in [1.54, 1.807) is 24.3 Å². The van der Waals surface area contributed by atoms with Crippen molar-refractivity contribution in [3.8, 4) is 5.75 Å². The lowest BCUT2D eigenvalue weighted by molar-refractivity contribution is -0.136. The fraction of sp³-hybridized carbons (Fsp3) is 0.364. The van der Waals surface area contributed by atoms with Crippen molar-refractivity contribution in [2.24, 2.45) is 5.73 Å².